The molecule has 0 bridgehead atoms. The molecule has 0 fully saturated rings. The molecule has 0 radical (unpaired) electrons. The molecule has 30 rings (SSSR count). The van der Waals surface area contributed by atoms with Crippen LogP contribution >= 0.6 is 0 Å². The van der Waals surface area contributed by atoms with Crippen LogP contribution < -0.4 is 0 Å². The maximum absolute atomic E-state index is 5.32. The van der Waals surface area contributed by atoms with Crippen molar-refractivity contribution in [3.8, 4) is 102 Å². The van der Waals surface area contributed by atoms with E-state index in [0.717, 1.165) is 72.8 Å². The van der Waals surface area contributed by atoms with Crippen molar-refractivity contribution >= 4 is 131 Å². The molecule has 666 valence electrons. The molecular formula is C131H92N10. The van der Waals surface area contributed by atoms with Crippen LogP contribution in [0.25, 0.3) is 233 Å². The Hall–Kier alpha value is -17.9. The molecule has 0 N–H and O–H groups in total. The molecule has 10 heteroatoms. The highest BCUT2D eigenvalue weighted by atomic mass is 15.2. The van der Waals surface area contributed by atoms with Gasteiger partial charge in [-0.2, -0.15) is 0 Å². The average Bonchev–Trinajstić information content (AvgIpc) is 1.53. The molecule has 8 aromatic heterocycles. The Labute approximate surface area is 814 Å². The summed E-state index contributed by atoms with van der Waals surface area (Å²) in [6.07, 6.45) is 0. The van der Waals surface area contributed by atoms with E-state index in [2.05, 4.69) is 494 Å². The topological polar surface area (TPSA) is 81.1 Å². The van der Waals surface area contributed by atoms with Gasteiger partial charge in [0.15, 0.2) is 0 Å². The van der Waals surface area contributed by atoms with Gasteiger partial charge in [0, 0.05) is 109 Å². The third-order valence-corrected chi connectivity index (χ3v) is 30.7. The zero-order valence-corrected chi connectivity index (χ0v) is 78.7. The summed E-state index contributed by atoms with van der Waals surface area (Å²) in [5.74, 6) is 1.33. The van der Waals surface area contributed by atoms with Crippen molar-refractivity contribution in [1.82, 2.24) is 47.3 Å². The Balaban J connectivity index is 0.000000104. The fourth-order valence-corrected chi connectivity index (χ4v) is 24.2. The Morgan fingerprint density at radius 3 is 0.723 bits per heavy atom. The minimum atomic E-state index is -0.135. The molecule has 0 unspecified atom stereocenters. The summed E-state index contributed by atoms with van der Waals surface area (Å²) >= 11 is 0. The number of hydrogen-bond donors (Lipinski definition) is 0. The molecule has 3 aliphatic rings. The summed E-state index contributed by atoms with van der Waals surface area (Å²) in [5, 5.41) is 14.8. The summed E-state index contributed by atoms with van der Waals surface area (Å²) in [6.45, 7) is 14.1. The average molecular weight is 1810 g/mol. The van der Waals surface area contributed by atoms with Crippen LogP contribution in [-0.4, -0.2) is 47.3 Å². The maximum Gasteiger partial charge on any atom is 0.235 e. The van der Waals surface area contributed by atoms with Crippen LogP contribution in [0.5, 0.6) is 0 Å². The number of fused-ring (bicyclic) bond motifs is 27. The molecule has 0 atom stereocenters. The van der Waals surface area contributed by atoms with Crippen LogP contribution in [0.2, 0.25) is 0 Å². The van der Waals surface area contributed by atoms with Gasteiger partial charge in [-0.15, -0.1) is 0 Å². The van der Waals surface area contributed by atoms with Gasteiger partial charge < -0.3 is 18.3 Å². The van der Waals surface area contributed by atoms with Crippen molar-refractivity contribution < 1.29 is 0 Å². The summed E-state index contributed by atoms with van der Waals surface area (Å²) in [4.78, 5) is 21.3. The Morgan fingerprint density at radius 1 is 0.163 bits per heavy atom. The number of aromatic nitrogens is 10. The van der Waals surface area contributed by atoms with Crippen molar-refractivity contribution in [3.63, 3.8) is 0 Å². The first-order valence-electron chi connectivity index (χ1n) is 48.8. The van der Waals surface area contributed by atoms with Gasteiger partial charge in [0.1, 0.15) is 0 Å². The molecule has 141 heavy (non-hydrogen) atoms. The zero-order valence-electron chi connectivity index (χ0n) is 78.7. The zero-order chi connectivity index (χ0) is 93.8. The van der Waals surface area contributed by atoms with Crippen molar-refractivity contribution in [1.29, 1.82) is 0 Å². The molecule has 0 spiro atoms. The number of benzene rings is 19. The monoisotopic (exact) mass is 1800 g/mol. The van der Waals surface area contributed by atoms with Crippen molar-refractivity contribution in [2.24, 2.45) is 0 Å². The number of hydrogen-bond acceptors (Lipinski definition) is 4. The Morgan fingerprint density at radius 2 is 0.411 bits per heavy atom. The van der Waals surface area contributed by atoms with E-state index in [0.29, 0.717) is 11.9 Å². The van der Waals surface area contributed by atoms with Gasteiger partial charge in [-0.25, -0.2) is 19.9 Å². The first-order valence-corrected chi connectivity index (χ1v) is 48.8. The molecule has 19 aromatic carbocycles. The van der Waals surface area contributed by atoms with Gasteiger partial charge in [0.25, 0.3) is 0 Å². The predicted octanol–water partition coefficient (Wildman–Crippen LogP) is 33.1. The SMILES string of the molecule is CC1(C)c2ccccc2-n2c3ccc4c5ccccc5n(-c5cc(-c6ccccc6)cc(-c6ccccc6)c5)c4c3c3cccc1c32.CC1(C)c2ccccc2-n2c3ccc4c5ccccc5n(-c5nc(-c6ccccc6)cc(-c6ccccc6)n5)c4c3c3cccc1c32.CC1(C)c2ccccc2-n2c3ccc4c5ccccc5n(-c5nc(-c6ccccc6)cc(-c6ccccc6)n5)c4c3c3cccc1c32. The van der Waals surface area contributed by atoms with Crippen LogP contribution in [-0.2, 0) is 16.2 Å². The van der Waals surface area contributed by atoms with Crippen molar-refractivity contribution in [2.75, 3.05) is 0 Å². The quantitative estimate of drug-likeness (QED) is 0.144. The normalized spacial score (nSPS) is 13.5. The van der Waals surface area contributed by atoms with E-state index in [4.69, 9.17) is 19.9 Å². The number of para-hydroxylation sites is 9. The van der Waals surface area contributed by atoms with E-state index in [1.807, 2.05) is 24.3 Å². The van der Waals surface area contributed by atoms with E-state index in [1.54, 1.807) is 0 Å². The largest absolute Gasteiger partial charge is 0.309 e. The van der Waals surface area contributed by atoms with E-state index in [9.17, 15) is 0 Å². The van der Waals surface area contributed by atoms with Crippen LogP contribution in [0.15, 0.2) is 449 Å². The summed E-state index contributed by atoms with van der Waals surface area (Å²) in [6, 6.07) is 162. The Kier molecular flexibility index (Phi) is 18.0. The molecule has 0 aliphatic carbocycles. The lowest BCUT2D eigenvalue weighted by atomic mass is 9.75. The summed E-state index contributed by atoms with van der Waals surface area (Å²) < 4.78 is 14.6. The van der Waals surface area contributed by atoms with E-state index in [1.165, 1.54) is 181 Å². The lowest BCUT2D eigenvalue weighted by Crippen LogP contribution is -2.26. The molecule has 0 saturated heterocycles. The number of nitrogens with zero attached hydrogens (tertiary/aromatic N) is 10. The molecule has 11 heterocycles. The fourth-order valence-electron chi connectivity index (χ4n) is 24.2. The second-order valence-corrected chi connectivity index (χ2v) is 39.5. The first kappa shape index (κ1) is 81.5. The summed E-state index contributed by atoms with van der Waals surface area (Å²) in [7, 11) is 0. The van der Waals surface area contributed by atoms with Gasteiger partial charge in [-0.1, -0.05) is 406 Å². The van der Waals surface area contributed by atoms with Gasteiger partial charge in [-0.05, 0) is 141 Å². The number of rotatable bonds is 9. The highest BCUT2D eigenvalue weighted by molar-refractivity contribution is 6.30. The maximum atomic E-state index is 5.32. The second-order valence-electron chi connectivity index (χ2n) is 39.5. The highest BCUT2D eigenvalue weighted by Crippen LogP contribution is 2.56. The van der Waals surface area contributed by atoms with Crippen molar-refractivity contribution in [2.45, 2.75) is 57.8 Å². The molecule has 0 amide bonds. The van der Waals surface area contributed by atoms with Gasteiger partial charge >= 0.3 is 0 Å². The van der Waals surface area contributed by atoms with Gasteiger partial charge in [0.2, 0.25) is 11.9 Å². The summed E-state index contributed by atoms with van der Waals surface area (Å²) in [5.41, 5.74) is 39.7. The third-order valence-electron chi connectivity index (χ3n) is 30.7. The second kappa shape index (κ2) is 31.1. The minimum Gasteiger partial charge on any atom is -0.309 e. The predicted molar refractivity (Wildman–Crippen MR) is 586 cm³/mol. The van der Waals surface area contributed by atoms with Crippen molar-refractivity contribution in [3.05, 3.63) is 482 Å². The van der Waals surface area contributed by atoms with Crippen LogP contribution in [0, 0.1) is 0 Å². The third kappa shape index (κ3) is 12.1. The molecule has 0 saturated carbocycles. The van der Waals surface area contributed by atoms with E-state index >= 15 is 0 Å². The van der Waals surface area contributed by atoms with Gasteiger partial charge in [-0.3, -0.25) is 9.13 Å². The molecule has 3 aliphatic heterocycles. The fraction of sp³-hybridized carbons (Fsp3) is 0.0687. The minimum absolute atomic E-state index is 0.110. The van der Waals surface area contributed by atoms with E-state index < -0.39 is 0 Å². The lowest BCUT2D eigenvalue weighted by molar-refractivity contribution is 0.630. The lowest BCUT2D eigenvalue weighted by Gasteiger charge is -2.34. The molecule has 10 nitrogen and oxygen atoms in total. The van der Waals surface area contributed by atoms with Crippen LogP contribution in [0.4, 0.5) is 0 Å². The van der Waals surface area contributed by atoms with Crippen LogP contribution in [0.1, 0.15) is 74.9 Å². The van der Waals surface area contributed by atoms with Crippen LogP contribution in [0.3, 0.4) is 0 Å². The standard InChI is InChI=1S/C45H32N2.2C43H30N4/c1-45(2)37-20-10-12-23-40(37)47-41-25-24-35-34-18-9-11-22-39(34)46(44(35)42(41)36-19-13-21-38(45)43(36)47)33-27-31(29-14-5-3-6-15-29)26-32(28-33)30-16-7-4-8-17-30;2*1-43(2)32-20-10-12-23-37(32)46-38-25-24-30-29-18-9-11-22-36(29)47(41(30)39(38)31-19-13-21-33(43)40(31)46)42-44-34(27-14-5-3-6-15-27)26-35(45-42)28-16-7-4-8-17-28/h3-28H,1-2H3;2*3-26H,1-2H3. The highest BCUT2D eigenvalue weighted by Gasteiger charge is 2.40. The first-order chi connectivity index (χ1) is 69.3. The van der Waals surface area contributed by atoms with E-state index in [-0.39, 0.29) is 16.2 Å². The smallest absolute Gasteiger partial charge is 0.235 e. The Bertz CT molecular complexity index is 8810. The molecular weight excluding hydrogens is 1710 g/mol. The molecule has 27 aromatic rings. The van der Waals surface area contributed by atoms with Gasteiger partial charge in [0.05, 0.1) is 106 Å².